The zero-order valence-electron chi connectivity index (χ0n) is 15.9. The van der Waals surface area contributed by atoms with Crippen LogP contribution in [0.4, 0.5) is 11.4 Å². The third-order valence-electron chi connectivity index (χ3n) is 4.04. The predicted octanol–water partition coefficient (Wildman–Crippen LogP) is 3.55. The van der Waals surface area contributed by atoms with Gasteiger partial charge in [0.05, 0.1) is 12.8 Å². The molecule has 3 aromatic rings. The summed E-state index contributed by atoms with van der Waals surface area (Å²) in [6.07, 6.45) is 0. The summed E-state index contributed by atoms with van der Waals surface area (Å²) in [4.78, 5) is 12.4. The summed E-state index contributed by atoms with van der Waals surface area (Å²) in [7, 11) is -0.915. The summed E-state index contributed by atoms with van der Waals surface area (Å²) in [6.45, 7) is 1.78. The lowest BCUT2D eigenvalue weighted by molar-refractivity contribution is 0.101. The van der Waals surface area contributed by atoms with Gasteiger partial charge in [-0.05, 0) is 55.5 Å². The first-order valence-electron chi connectivity index (χ1n) is 8.48. The maximum Gasteiger partial charge on any atom is 0.273 e. The number of carbonyl (C=O) groups is 1. The number of sulfonamides is 1. The fraction of sp³-hybridized carbons (Fsp3) is 0.158. The monoisotopic (exact) mass is 478 g/mol. The highest BCUT2D eigenvalue weighted by molar-refractivity contribution is 9.10. The van der Waals surface area contributed by atoms with Gasteiger partial charge in [-0.2, -0.15) is 5.10 Å². The van der Waals surface area contributed by atoms with Crippen LogP contribution in [0.3, 0.4) is 0 Å². The highest BCUT2D eigenvalue weighted by Gasteiger charge is 2.21. The van der Waals surface area contributed by atoms with Crippen molar-refractivity contribution in [2.45, 2.75) is 11.8 Å². The smallest absolute Gasteiger partial charge is 0.273 e. The Morgan fingerprint density at radius 1 is 1.10 bits per heavy atom. The highest BCUT2D eigenvalue weighted by atomic mass is 79.9. The van der Waals surface area contributed by atoms with Crippen molar-refractivity contribution in [3.8, 4) is 5.75 Å². The molecule has 1 amide bonds. The molecule has 0 radical (unpaired) electrons. The largest absolute Gasteiger partial charge is 0.495 e. The van der Waals surface area contributed by atoms with Crippen LogP contribution in [0.1, 0.15) is 16.2 Å². The van der Waals surface area contributed by atoms with Crippen molar-refractivity contribution < 1.29 is 17.9 Å². The fourth-order valence-electron chi connectivity index (χ4n) is 2.71. The Labute approximate surface area is 177 Å². The van der Waals surface area contributed by atoms with Crippen LogP contribution >= 0.6 is 15.9 Å². The molecule has 0 saturated heterocycles. The van der Waals surface area contributed by atoms with E-state index in [0.717, 1.165) is 4.47 Å². The highest BCUT2D eigenvalue weighted by Crippen LogP contribution is 2.29. The van der Waals surface area contributed by atoms with Crippen LogP contribution in [0.15, 0.2) is 57.9 Å². The van der Waals surface area contributed by atoms with Gasteiger partial charge in [0.25, 0.3) is 15.9 Å². The molecule has 0 aliphatic carbocycles. The van der Waals surface area contributed by atoms with Crippen LogP contribution in [0.5, 0.6) is 5.75 Å². The zero-order chi connectivity index (χ0) is 21.2. The Bertz CT molecular complexity index is 1160. The number of carbonyl (C=O) groups excluding carboxylic acids is 1. The van der Waals surface area contributed by atoms with E-state index < -0.39 is 15.9 Å². The number of nitrogens with one attached hydrogen (secondary N) is 2. The van der Waals surface area contributed by atoms with Crippen LogP contribution in [0, 0.1) is 6.92 Å². The number of methoxy groups -OCH3 is 1. The second-order valence-corrected chi connectivity index (χ2v) is 8.79. The molecule has 0 unspecified atom stereocenters. The minimum absolute atomic E-state index is 0.0955. The molecule has 0 spiro atoms. The van der Waals surface area contributed by atoms with Crippen molar-refractivity contribution in [2.75, 3.05) is 17.1 Å². The Morgan fingerprint density at radius 2 is 1.76 bits per heavy atom. The third kappa shape index (κ3) is 4.77. The summed E-state index contributed by atoms with van der Waals surface area (Å²) in [5, 5.41) is 6.83. The Kier molecular flexibility index (Phi) is 5.94. The second kappa shape index (κ2) is 8.26. The standard InChI is InChI=1S/C19H19BrN4O4S/c1-12-10-16(24(2)22-12)19(25)21-15-8-9-17(28-3)18(11-15)29(26,27)23-14-6-4-13(20)5-7-14/h4-11,23H,1-3H3,(H,21,25). The van der Waals surface area contributed by atoms with Crippen molar-refractivity contribution in [1.29, 1.82) is 0 Å². The molecule has 3 rings (SSSR count). The van der Waals surface area contributed by atoms with Gasteiger partial charge in [-0.25, -0.2) is 8.42 Å². The number of hydrogen-bond acceptors (Lipinski definition) is 5. The Balaban J connectivity index is 1.91. The number of anilines is 2. The summed E-state index contributed by atoms with van der Waals surface area (Å²) in [6, 6.07) is 12.8. The van der Waals surface area contributed by atoms with E-state index >= 15 is 0 Å². The van der Waals surface area contributed by atoms with E-state index in [2.05, 4.69) is 31.1 Å². The van der Waals surface area contributed by atoms with Crippen LogP contribution in [-0.2, 0) is 17.1 Å². The predicted molar refractivity (Wildman–Crippen MR) is 114 cm³/mol. The van der Waals surface area contributed by atoms with Crippen LogP contribution in [0.25, 0.3) is 0 Å². The number of benzene rings is 2. The van der Waals surface area contributed by atoms with Gasteiger partial charge in [-0.15, -0.1) is 0 Å². The van der Waals surface area contributed by atoms with Crippen molar-refractivity contribution in [2.24, 2.45) is 7.05 Å². The number of nitrogens with zero attached hydrogens (tertiary/aromatic N) is 2. The first kappa shape index (κ1) is 20.9. The number of ether oxygens (including phenoxy) is 1. The van der Waals surface area contributed by atoms with Gasteiger partial charge >= 0.3 is 0 Å². The lowest BCUT2D eigenvalue weighted by Crippen LogP contribution is -2.17. The van der Waals surface area contributed by atoms with E-state index in [4.69, 9.17) is 4.74 Å². The van der Waals surface area contributed by atoms with E-state index in [9.17, 15) is 13.2 Å². The van der Waals surface area contributed by atoms with Gasteiger partial charge in [0.1, 0.15) is 16.3 Å². The van der Waals surface area contributed by atoms with Crippen molar-refractivity contribution in [1.82, 2.24) is 9.78 Å². The maximum atomic E-state index is 12.9. The van der Waals surface area contributed by atoms with Gasteiger partial charge in [0.2, 0.25) is 0 Å². The minimum Gasteiger partial charge on any atom is -0.495 e. The molecular formula is C19H19BrN4O4S. The van der Waals surface area contributed by atoms with E-state index in [1.807, 2.05) is 0 Å². The summed E-state index contributed by atoms with van der Waals surface area (Å²) in [5.74, 6) is -0.244. The molecule has 10 heteroatoms. The molecule has 0 saturated carbocycles. The van der Waals surface area contributed by atoms with Crippen LogP contribution < -0.4 is 14.8 Å². The van der Waals surface area contributed by atoms with Gasteiger partial charge in [-0.3, -0.25) is 14.2 Å². The van der Waals surface area contributed by atoms with Gasteiger partial charge in [-0.1, -0.05) is 15.9 Å². The maximum absolute atomic E-state index is 12.9. The number of rotatable bonds is 6. The fourth-order valence-corrected chi connectivity index (χ4v) is 4.23. The molecule has 0 aliphatic heterocycles. The lowest BCUT2D eigenvalue weighted by atomic mass is 10.3. The molecule has 8 nitrogen and oxygen atoms in total. The first-order valence-corrected chi connectivity index (χ1v) is 10.8. The zero-order valence-corrected chi connectivity index (χ0v) is 18.3. The van der Waals surface area contributed by atoms with E-state index in [1.165, 1.54) is 23.9 Å². The van der Waals surface area contributed by atoms with E-state index in [0.29, 0.717) is 22.8 Å². The Hall–Kier alpha value is -2.85. The van der Waals surface area contributed by atoms with Crippen molar-refractivity contribution in [3.05, 3.63) is 64.4 Å². The molecule has 0 aliphatic rings. The summed E-state index contributed by atoms with van der Waals surface area (Å²) >= 11 is 3.31. The topological polar surface area (TPSA) is 102 Å². The van der Waals surface area contributed by atoms with Gasteiger partial charge in [0.15, 0.2) is 0 Å². The number of aromatic nitrogens is 2. The third-order valence-corrected chi connectivity index (χ3v) is 5.97. The quantitative estimate of drug-likeness (QED) is 0.563. The normalized spacial score (nSPS) is 11.2. The van der Waals surface area contributed by atoms with E-state index in [-0.39, 0.29) is 10.6 Å². The van der Waals surface area contributed by atoms with Gasteiger partial charge < -0.3 is 10.1 Å². The SMILES string of the molecule is COc1ccc(NC(=O)c2cc(C)nn2C)cc1S(=O)(=O)Nc1ccc(Br)cc1. The number of hydrogen-bond donors (Lipinski definition) is 2. The number of amides is 1. The first-order chi connectivity index (χ1) is 13.7. The summed E-state index contributed by atoms with van der Waals surface area (Å²) in [5.41, 5.74) is 1.77. The second-order valence-electron chi connectivity index (χ2n) is 6.23. The summed E-state index contributed by atoms with van der Waals surface area (Å²) < 4.78 is 35.8. The Morgan fingerprint density at radius 3 is 2.34 bits per heavy atom. The van der Waals surface area contributed by atoms with E-state index in [1.54, 1.807) is 50.4 Å². The average molecular weight is 479 g/mol. The van der Waals surface area contributed by atoms with Crippen LogP contribution in [-0.4, -0.2) is 31.2 Å². The molecule has 2 aromatic carbocycles. The molecule has 0 fully saturated rings. The van der Waals surface area contributed by atoms with Crippen molar-refractivity contribution in [3.63, 3.8) is 0 Å². The molecule has 2 N–H and O–H groups in total. The number of aryl methyl sites for hydroxylation is 2. The van der Waals surface area contributed by atoms with Crippen molar-refractivity contribution >= 4 is 43.2 Å². The number of halogens is 1. The molecule has 152 valence electrons. The molecule has 0 atom stereocenters. The molecule has 0 bridgehead atoms. The lowest BCUT2D eigenvalue weighted by Gasteiger charge is -2.14. The molecule has 29 heavy (non-hydrogen) atoms. The molecule has 1 heterocycles. The molecular weight excluding hydrogens is 460 g/mol. The molecule has 1 aromatic heterocycles. The minimum atomic E-state index is -3.96. The van der Waals surface area contributed by atoms with Gasteiger partial charge in [0, 0.05) is 22.9 Å². The average Bonchev–Trinajstić information content (AvgIpc) is 3.01. The van der Waals surface area contributed by atoms with Crippen LogP contribution in [0.2, 0.25) is 0 Å².